The van der Waals surface area contributed by atoms with E-state index in [0.717, 1.165) is 116 Å². The van der Waals surface area contributed by atoms with Gasteiger partial charge in [0.15, 0.2) is 24.6 Å². The lowest BCUT2D eigenvalue weighted by atomic mass is 9.98. The first-order chi connectivity index (χ1) is 42.6. The quantitative estimate of drug-likeness (QED) is 0.0228. The maximum Gasteiger partial charge on any atom is 0.335 e. The van der Waals surface area contributed by atoms with Gasteiger partial charge in [-0.3, -0.25) is 14.4 Å². The molecule has 1 aliphatic rings. The van der Waals surface area contributed by atoms with Gasteiger partial charge in [0.25, 0.3) is 0 Å². The van der Waals surface area contributed by atoms with Crippen LogP contribution in [-0.2, 0) is 42.9 Å². The highest BCUT2D eigenvalue weighted by atomic mass is 16.7. The second kappa shape index (κ2) is 61.9. The van der Waals surface area contributed by atoms with Gasteiger partial charge in [-0.15, -0.1) is 0 Å². The monoisotopic (exact) mass is 1220 g/mol. The number of carboxylic acids is 1. The van der Waals surface area contributed by atoms with E-state index in [1.807, 2.05) is 0 Å². The number of esters is 3. The number of hydrogen-bond donors (Lipinski definition) is 3. The van der Waals surface area contributed by atoms with E-state index in [0.29, 0.717) is 19.3 Å². The molecule has 0 aliphatic carbocycles. The van der Waals surface area contributed by atoms with Crippen LogP contribution in [0.2, 0.25) is 0 Å². The number of aliphatic hydroxyl groups is 2. The molecule has 0 aromatic carbocycles. The SMILES string of the molecule is CC/C=C\C/C=C\C/C=C\C/C=C\C/C=C\CCCCCC(=O)OCC(COC1OC(C(=O)O)C(O)C(O)C1OC(=O)CCCCCCCCCCC/C=C\C/C=C\CCCCC)OC(=O)CCCCCCCCCCC/C=C\CCCCCCCC. The Morgan fingerprint density at radius 2 is 0.724 bits per heavy atom. The Morgan fingerprint density at radius 3 is 1.15 bits per heavy atom. The van der Waals surface area contributed by atoms with Crippen molar-refractivity contribution in [3.63, 3.8) is 0 Å². The molecule has 0 aromatic rings. The summed E-state index contributed by atoms with van der Waals surface area (Å²) >= 11 is 0. The average Bonchev–Trinajstić information content (AvgIpc) is 2.56. The Morgan fingerprint density at radius 1 is 0.391 bits per heavy atom. The van der Waals surface area contributed by atoms with Crippen LogP contribution >= 0.6 is 0 Å². The third kappa shape index (κ3) is 51.1. The van der Waals surface area contributed by atoms with Crippen LogP contribution in [0.15, 0.2) is 97.2 Å². The summed E-state index contributed by atoms with van der Waals surface area (Å²) in [5, 5.41) is 31.7. The molecule has 1 rings (SSSR count). The van der Waals surface area contributed by atoms with E-state index in [4.69, 9.17) is 23.7 Å². The molecule has 3 N–H and O–H groups in total. The van der Waals surface area contributed by atoms with Gasteiger partial charge in [-0.1, -0.05) is 259 Å². The van der Waals surface area contributed by atoms with Gasteiger partial charge < -0.3 is 39.0 Å². The Balaban J connectivity index is 2.66. The van der Waals surface area contributed by atoms with Crippen molar-refractivity contribution < 1.29 is 58.2 Å². The van der Waals surface area contributed by atoms with E-state index in [9.17, 15) is 34.5 Å². The van der Waals surface area contributed by atoms with E-state index < -0.39 is 67.3 Å². The molecule has 0 amide bonds. The molecule has 87 heavy (non-hydrogen) atoms. The van der Waals surface area contributed by atoms with E-state index in [1.54, 1.807) is 0 Å². The molecule has 12 heteroatoms. The summed E-state index contributed by atoms with van der Waals surface area (Å²) in [6.45, 7) is 5.87. The zero-order valence-corrected chi connectivity index (χ0v) is 55.2. The second-order valence-corrected chi connectivity index (χ2v) is 23.8. The fourth-order valence-electron chi connectivity index (χ4n) is 10.2. The van der Waals surface area contributed by atoms with Gasteiger partial charge in [0.2, 0.25) is 0 Å². The minimum atomic E-state index is -1.91. The van der Waals surface area contributed by atoms with Crippen molar-refractivity contribution in [3.8, 4) is 0 Å². The largest absolute Gasteiger partial charge is 0.479 e. The molecule has 12 nitrogen and oxygen atoms in total. The number of aliphatic carboxylic acids is 1. The number of allylic oxidation sites excluding steroid dienone is 16. The predicted molar refractivity (Wildman–Crippen MR) is 358 cm³/mol. The molecular weight excluding hydrogens is 1090 g/mol. The molecule has 0 saturated carbocycles. The van der Waals surface area contributed by atoms with Gasteiger partial charge in [-0.05, 0) is 122 Å². The summed E-state index contributed by atoms with van der Waals surface area (Å²) in [6.07, 6.45) is 70.7. The van der Waals surface area contributed by atoms with Crippen molar-refractivity contribution in [3.05, 3.63) is 97.2 Å². The van der Waals surface area contributed by atoms with Crippen molar-refractivity contribution in [2.45, 2.75) is 340 Å². The predicted octanol–water partition coefficient (Wildman–Crippen LogP) is 19.6. The van der Waals surface area contributed by atoms with Gasteiger partial charge >= 0.3 is 23.9 Å². The molecule has 6 atom stereocenters. The van der Waals surface area contributed by atoms with Crippen molar-refractivity contribution in [2.24, 2.45) is 0 Å². The third-order valence-corrected chi connectivity index (χ3v) is 15.6. The lowest BCUT2D eigenvalue weighted by Gasteiger charge is -2.40. The van der Waals surface area contributed by atoms with Crippen molar-refractivity contribution >= 4 is 23.9 Å². The van der Waals surface area contributed by atoms with E-state index in [2.05, 4.69) is 118 Å². The van der Waals surface area contributed by atoms with Crippen LogP contribution in [0, 0.1) is 0 Å². The van der Waals surface area contributed by atoms with E-state index in [1.165, 1.54) is 128 Å². The highest BCUT2D eigenvalue weighted by Crippen LogP contribution is 2.27. The average molecular weight is 1220 g/mol. The minimum Gasteiger partial charge on any atom is -0.479 e. The zero-order chi connectivity index (χ0) is 63.1. The minimum absolute atomic E-state index is 0.0492. The third-order valence-electron chi connectivity index (χ3n) is 15.6. The van der Waals surface area contributed by atoms with Gasteiger partial charge in [-0.25, -0.2) is 4.79 Å². The molecule has 0 radical (unpaired) electrons. The molecular formula is C75H126O12. The summed E-state index contributed by atoms with van der Waals surface area (Å²) in [5.74, 6) is -3.16. The molecule has 1 aliphatic heterocycles. The fourth-order valence-corrected chi connectivity index (χ4v) is 10.2. The van der Waals surface area contributed by atoms with E-state index in [-0.39, 0.29) is 25.9 Å². The summed E-state index contributed by atoms with van der Waals surface area (Å²) in [5.41, 5.74) is 0. The highest BCUT2D eigenvalue weighted by Gasteiger charge is 2.50. The van der Waals surface area contributed by atoms with Crippen LogP contribution in [-0.4, -0.2) is 89.2 Å². The number of ether oxygens (including phenoxy) is 5. The molecule has 1 fully saturated rings. The zero-order valence-electron chi connectivity index (χ0n) is 55.2. The smallest absolute Gasteiger partial charge is 0.335 e. The highest BCUT2D eigenvalue weighted by molar-refractivity contribution is 5.74. The lowest BCUT2D eigenvalue weighted by Crippen LogP contribution is -2.61. The summed E-state index contributed by atoms with van der Waals surface area (Å²) < 4.78 is 28.6. The summed E-state index contributed by atoms with van der Waals surface area (Å²) in [6, 6.07) is 0. The molecule has 498 valence electrons. The molecule has 6 unspecified atom stereocenters. The molecule has 0 spiro atoms. The van der Waals surface area contributed by atoms with Crippen LogP contribution in [0.5, 0.6) is 0 Å². The van der Waals surface area contributed by atoms with Crippen molar-refractivity contribution in [2.75, 3.05) is 13.2 Å². The topological polar surface area (TPSA) is 175 Å². The normalized spacial score (nSPS) is 17.9. The number of carbonyl (C=O) groups excluding carboxylic acids is 3. The Bertz CT molecular complexity index is 1880. The van der Waals surface area contributed by atoms with Gasteiger partial charge in [-0.2, -0.15) is 0 Å². The molecule has 1 saturated heterocycles. The summed E-state index contributed by atoms with van der Waals surface area (Å²) in [7, 11) is 0. The van der Waals surface area contributed by atoms with Crippen molar-refractivity contribution in [1.29, 1.82) is 0 Å². The number of aliphatic hydroxyl groups excluding tert-OH is 2. The van der Waals surface area contributed by atoms with Gasteiger partial charge in [0.1, 0.15) is 18.8 Å². The Kier molecular flexibility index (Phi) is 57.3. The summed E-state index contributed by atoms with van der Waals surface area (Å²) in [4.78, 5) is 51.5. The molecule has 0 aromatic heterocycles. The number of hydrogen-bond acceptors (Lipinski definition) is 11. The number of rotatable bonds is 60. The van der Waals surface area contributed by atoms with Crippen LogP contribution in [0.3, 0.4) is 0 Å². The molecule has 0 bridgehead atoms. The first-order valence-corrected chi connectivity index (χ1v) is 35.2. The van der Waals surface area contributed by atoms with Crippen molar-refractivity contribution in [1.82, 2.24) is 0 Å². The van der Waals surface area contributed by atoms with Gasteiger partial charge in [0.05, 0.1) is 6.61 Å². The van der Waals surface area contributed by atoms with Crippen LogP contribution < -0.4 is 0 Å². The number of unbranched alkanes of at least 4 members (excludes halogenated alkanes) is 30. The van der Waals surface area contributed by atoms with Crippen LogP contribution in [0.4, 0.5) is 0 Å². The Hall–Kier alpha value is -4.36. The van der Waals surface area contributed by atoms with E-state index >= 15 is 0 Å². The number of carboxylic acid groups (broad SMARTS) is 1. The second-order valence-electron chi connectivity index (χ2n) is 23.8. The maximum absolute atomic E-state index is 13.3. The molecule has 1 heterocycles. The van der Waals surface area contributed by atoms with Gasteiger partial charge in [0, 0.05) is 19.3 Å². The lowest BCUT2D eigenvalue weighted by molar-refractivity contribution is -0.301. The van der Waals surface area contributed by atoms with Crippen LogP contribution in [0.1, 0.15) is 303 Å². The first kappa shape index (κ1) is 80.7. The van der Waals surface area contributed by atoms with Crippen LogP contribution in [0.25, 0.3) is 0 Å². The first-order valence-electron chi connectivity index (χ1n) is 35.2. The maximum atomic E-state index is 13.3. The fraction of sp³-hybridized carbons (Fsp3) is 0.733. The standard InChI is InChI=1S/C75H126O12/c1-4-7-10-13-16-19-22-25-28-31-34-37-40-43-46-49-52-55-58-61-67(76)83-64-66(85-68(77)62-59-56-53-50-47-44-41-38-35-32-29-26-23-20-17-14-11-8-5-2)65-84-75-73(71(80)70(79)72(87-75)74(81)82)86-69(78)63-60-57-54-51-48-45-42-39-36-33-30-27-24-21-18-15-12-9-6-3/h7,10,16,18-19,21,25-30,34,37,43,46,66,70-73,75,79-80H,4-6,8-9,11-15,17,20,22-24,31-33,35-36,38-42,44-45,47-65H2,1-3H3,(H,81,82)/b10-7-,19-16-,21-18-,28-25-,29-26-,30-27-,37-34-,46-43-. The number of carbonyl (C=O) groups is 4. The Labute approximate surface area is 530 Å².